The number of rotatable bonds is 5. The molecular weight excluding hydrogens is 472 g/mol. The van der Waals surface area contributed by atoms with Gasteiger partial charge in [-0.1, -0.05) is 28.1 Å². The maximum atomic E-state index is 12.9. The molecule has 1 aliphatic carbocycles. The highest BCUT2D eigenvalue weighted by atomic mass is 79.9. The van der Waals surface area contributed by atoms with Gasteiger partial charge in [0.15, 0.2) is 0 Å². The van der Waals surface area contributed by atoms with Crippen molar-refractivity contribution in [2.45, 2.75) is 56.8 Å². The monoisotopic (exact) mass is 504 g/mol. The van der Waals surface area contributed by atoms with Gasteiger partial charge in [0.25, 0.3) is 0 Å². The maximum absolute atomic E-state index is 12.9. The summed E-state index contributed by atoms with van der Waals surface area (Å²) in [5.74, 6) is -0.135. The Balaban J connectivity index is 1.24. The molecule has 4 rings (SSSR count). The Kier molecular flexibility index (Phi) is 7.08. The first-order chi connectivity index (χ1) is 15.3. The van der Waals surface area contributed by atoms with E-state index in [1.807, 2.05) is 4.90 Å². The van der Waals surface area contributed by atoms with Crippen molar-refractivity contribution in [1.29, 1.82) is 0 Å². The van der Waals surface area contributed by atoms with Crippen LogP contribution < -0.4 is 10.2 Å². The van der Waals surface area contributed by atoms with Crippen LogP contribution in [0.3, 0.4) is 0 Å². The molecule has 1 aromatic rings. The number of imide groups is 1. The second-order valence-corrected chi connectivity index (χ2v) is 10.5. The molecule has 3 unspecified atom stereocenters. The standard InChI is InChI=1S/C24H33BrN4O3/c1-16-5-3-6-21(17(16)2)27-11-13-28(14-12-27)22(30)7-4-10-29-23(31)19-15-18(25)8-9-20(19)26-24(29)32/h3,5-6,18-20H,4,7-15H2,1-2H3,(H,26,32). The third kappa shape index (κ3) is 4.80. The normalized spacial score (nSPS) is 26.1. The number of hydrogen-bond acceptors (Lipinski definition) is 4. The summed E-state index contributed by atoms with van der Waals surface area (Å²) >= 11 is 3.62. The summed E-state index contributed by atoms with van der Waals surface area (Å²) in [6, 6.07) is 6.00. The Bertz CT molecular complexity index is 884. The average Bonchev–Trinajstić information content (AvgIpc) is 2.78. The van der Waals surface area contributed by atoms with E-state index in [9.17, 15) is 14.4 Å². The molecule has 3 atom stereocenters. The van der Waals surface area contributed by atoms with Crippen LogP contribution in [0.1, 0.15) is 43.2 Å². The lowest BCUT2D eigenvalue weighted by molar-refractivity contribution is -0.137. The summed E-state index contributed by atoms with van der Waals surface area (Å²) in [5, 5.41) is 2.99. The van der Waals surface area contributed by atoms with Crippen LogP contribution in [0.2, 0.25) is 0 Å². The van der Waals surface area contributed by atoms with Gasteiger partial charge in [-0.05, 0) is 56.7 Å². The highest BCUT2D eigenvalue weighted by Gasteiger charge is 2.43. The van der Waals surface area contributed by atoms with Gasteiger partial charge in [0, 0.05) is 55.7 Å². The quantitative estimate of drug-likeness (QED) is 0.624. The van der Waals surface area contributed by atoms with Crippen molar-refractivity contribution in [2.75, 3.05) is 37.6 Å². The number of urea groups is 1. The van der Waals surface area contributed by atoms with Crippen LogP contribution in [0, 0.1) is 19.8 Å². The number of hydrogen-bond donors (Lipinski definition) is 1. The molecule has 0 aromatic heterocycles. The van der Waals surface area contributed by atoms with Crippen molar-refractivity contribution in [3.63, 3.8) is 0 Å². The Labute approximate surface area is 198 Å². The topological polar surface area (TPSA) is 73.0 Å². The van der Waals surface area contributed by atoms with E-state index in [1.54, 1.807) is 0 Å². The predicted molar refractivity (Wildman–Crippen MR) is 128 cm³/mol. The van der Waals surface area contributed by atoms with E-state index in [0.717, 1.165) is 32.4 Å². The molecule has 2 saturated heterocycles. The van der Waals surface area contributed by atoms with Crippen molar-refractivity contribution in [1.82, 2.24) is 15.1 Å². The molecule has 3 aliphatic rings. The smallest absolute Gasteiger partial charge is 0.324 e. The lowest BCUT2D eigenvalue weighted by Crippen LogP contribution is -2.61. The second-order valence-electron chi connectivity index (χ2n) is 9.25. The molecule has 174 valence electrons. The van der Waals surface area contributed by atoms with Crippen LogP contribution in [0.4, 0.5) is 10.5 Å². The summed E-state index contributed by atoms with van der Waals surface area (Å²) in [7, 11) is 0. The molecular formula is C24H33BrN4O3. The van der Waals surface area contributed by atoms with Gasteiger partial charge < -0.3 is 15.1 Å². The fourth-order valence-corrected chi connectivity index (χ4v) is 5.80. The number of piperazine rings is 1. The zero-order chi connectivity index (χ0) is 22.8. The maximum Gasteiger partial charge on any atom is 0.324 e. The van der Waals surface area contributed by atoms with Crippen molar-refractivity contribution in [3.05, 3.63) is 29.3 Å². The number of benzene rings is 1. The molecule has 32 heavy (non-hydrogen) atoms. The summed E-state index contributed by atoms with van der Waals surface area (Å²) in [5.41, 5.74) is 3.82. The van der Waals surface area contributed by atoms with Gasteiger partial charge in [-0.3, -0.25) is 14.5 Å². The number of amides is 4. The summed E-state index contributed by atoms with van der Waals surface area (Å²) in [6.07, 6.45) is 3.42. The Morgan fingerprint density at radius 3 is 2.62 bits per heavy atom. The van der Waals surface area contributed by atoms with Gasteiger partial charge in [0.05, 0.1) is 5.92 Å². The summed E-state index contributed by atoms with van der Waals surface area (Å²) < 4.78 is 0. The Morgan fingerprint density at radius 2 is 1.88 bits per heavy atom. The van der Waals surface area contributed by atoms with E-state index in [-0.39, 0.29) is 29.8 Å². The SMILES string of the molecule is Cc1cccc(N2CCN(C(=O)CCCN3C(=O)NC4CCC(Br)CC4C3=O)CC2)c1C. The molecule has 3 fully saturated rings. The number of carbonyl (C=O) groups is 3. The number of alkyl halides is 1. The van der Waals surface area contributed by atoms with Crippen LogP contribution in [0.15, 0.2) is 18.2 Å². The molecule has 0 radical (unpaired) electrons. The van der Waals surface area contributed by atoms with Crippen LogP contribution in [-0.4, -0.2) is 71.2 Å². The number of fused-ring (bicyclic) bond motifs is 1. The largest absolute Gasteiger partial charge is 0.368 e. The van der Waals surface area contributed by atoms with E-state index < -0.39 is 0 Å². The van der Waals surface area contributed by atoms with E-state index >= 15 is 0 Å². The summed E-state index contributed by atoms with van der Waals surface area (Å²) in [4.78, 5) is 43.9. The molecule has 1 aromatic carbocycles. The zero-order valence-corrected chi connectivity index (χ0v) is 20.6. The lowest BCUT2D eigenvalue weighted by atomic mass is 9.82. The van der Waals surface area contributed by atoms with Gasteiger partial charge in [0.2, 0.25) is 11.8 Å². The van der Waals surface area contributed by atoms with Crippen LogP contribution in [0.5, 0.6) is 0 Å². The first-order valence-electron chi connectivity index (χ1n) is 11.7. The van der Waals surface area contributed by atoms with E-state index in [0.29, 0.717) is 37.3 Å². The van der Waals surface area contributed by atoms with Crippen molar-refractivity contribution < 1.29 is 14.4 Å². The molecule has 2 heterocycles. The van der Waals surface area contributed by atoms with E-state index in [2.05, 4.69) is 58.2 Å². The highest BCUT2D eigenvalue weighted by Crippen LogP contribution is 2.33. The average molecular weight is 505 g/mol. The molecule has 8 heteroatoms. The van der Waals surface area contributed by atoms with Gasteiger partial charge in [0.1, 0.15) is 0 Å². The third-order valence-electron chi connectivity index (χ3n) is 7.25. The summed E-state index contributed by atoms with van der Waals surface area (Å²) in [6.45, 7) is 7.61. The molecule has 0 spiro atoms. The van der Waals surface area contributed by atoms with Crippen LogP contribution in [-0.2, 0) is 9.59 Å². The number of halogens is 1. The molecule has 0 bridgehead atoms. The minimum atomic E-state index is -0.307. The number of nitrogens with zero attached hydrogens (tertiary/aromatic N) is 3. The van der Waals surface area contributed by atoms with Crippen molar-refractivity contribution in [3.8, 4) is 0 Å². The van der Waals surface area contributed by atoms with Gasteiger partial charge >= 0.3 is 6.03 Å². The minimum Gasteiger partial charge on any atom is -0.368 e. The minimum absolute atomic E-state index is 0.0463. The van der Waals surface area contributed by atoms with Crippen LogP contribution >= 0.6 is 15.9 Å². The fraction of sp³-hybridized carbons (Fsp3) is 0.625. The molecule has 7 nitrogen and oxygen atoms in total. The first-order valence-corrected chi connectivity index (χ1v) is 12.6. The third-order valence-corrected chi connectivity index (χ3v) is 8.08. The van der Waals surface area contributed by atoms with Crippen molar-refractivity contribution in [2.24, 2.45) is 5.92 Å². The number of nitrogens with one attached hydrogen (secondary N) is 1. The Morgan fingerprint density at radius 1 is 1.12 bits per heavy atom. The van der Waals surface area contributed by atoms with Gasteiger partial charge in [-0.25, -0.2) is 4.79 Å². The number of aryl methyl sites for hydroxylation is 1. The number of anilines is 1. The van der Waals surface area contributed by atoms with E-state index in [4.69, 9.17) is 0 Å². The second kappa shape index (κ2) is 9.81. The van der Waals surface area contributed by atoms with E-state index in [1.165, 1.54) is 21.7 Å². The first kappa shape index (κ1) is 23.1. The van der Waals surface area contributed by atoms with Crippen molar-refractivity contribution >= 4 is 39.5 Å². The predicted octanol–water partition coefficient (Wildman–Crippen LogP) is 3.22. The van der Waals surface area contributed by atoms with Gasteiger partial charge in [-0.2, -0.15) is 0 Å². The molecule has 1 N–H and O–H groups in total. The molecule has 2 aliphatic heterocycles. The van der Waals surface area contributed by atoms with Gasteiger partial charge in [-0.15, -0.1) is 0 Å². The molecule has 1 saturated carbocycles. The molecule has 4 amide bonds. The number of carbonyl (C=O) groups excluding carboxylic acids is 3. The lowest BCUT2D eigenvalue weighted by Gasteiger charge is -2.41. The van der Waals surface area contributed by atoms with Crippen LogP contribution in [0.25, 0.3) is 0 Å². The Hall–Kier alpha value is -2.09. The highest BCUT2D eigenvalue weighted by molar-refractivity contribution is 9.09. The fourth-order valence-electron chi connectivity index (χ4n) is 5.13. The zero-order valence-electron chi connectivity index (χ0n) is 19.0.